The van der Waals surface area contributed by atoms with Crippen molar-refractivity contribution < 1.29 is 28.9 Å². The predicted octanol–water partition coefficient (Wildman–Crippen LogP) is 3.79. The molecule has 188 valence electrons. The van der Waals surface area contributed by atoms with E-state index in [0.717, 1.165) is 11.1 Å². The number of aromatic hydroxyl groups is 1. The Kier molecular flexibility index (Phi) is 9.69. The number of phenols is 1. The van der Waals surface area contributed by atoms with E-state index in [2.05, 4.69) is 15.8 Å². The molecule has 1 atom stereocenters. The van der Waals surface area contributed by atoms with Crippen molar-refractivity contribution >= 4 is 18.2 Å². The number of methoxy groups -OCH3 is 1. The van der Waals surface area contributed by atoms with Gasteiger partial charge < -0.3 is 24.6 Å². The lowest BCUT2D eigenvalue weighted by Gasteiger charge is -2.17. The van der Waals surface area contributed by atoms with Gasteiger partial charge in [0.15, 0.2) is 11.5 Å². The average Bonchev–Trinajstić information content (AvgIpc) is 2.89. The highest BCUT2D eigenvalue weighted by Gasteiger charge is 2.22. The van der Waals surface area contributed by atoms with E-state index >= 15 is 0 Å². The Labute approximate surface area is 209 Å². The lowest BCUT2D eigenvalue weighted by atomic mass is 10.1. The number of nitrogens with zero attached hydrogens (tertiary/aromatic N) is 1. The zero-order valence-electron chi connectivity index (χ0n) is 20.1. The van der Waals surface area contributed by atoms with E-state index < -0.39 is 18.0 Å². The maximum absolute atomic E-state index is 12.9. The molecule has 9 nitrogen and oxygen atoms in total. The van der Waals surface area contributed by atoms with Crippen LogP contribution in [-0.4, -0.2) is 43.1 Å². The van der Waals surface area contributed by atoms with Crippen LogP contribution in [0.3, 0.4) is 0 Å². The monoisotopic (exact) mass is 491 g/mol. The van der Waals surface area contributed by atoms with Gasteiger partial charge in [0.05, 0.1) is 19.9 Å². The molecule has 0 heterocycles. The molecule has 0 bridgehead atoms. The number of ether oxygens (including phenoxy) is 3. The van der Waals surface area contributed by atoms with Gasteiger partial charge in [0, 0.05) is 6.42 Å². The van der Waals surface area contributed by atoms with E-state index in [1.165, 1.54) is 18.3 Å². The van der Waals surface area contributed by atoms with Gasteiger partial charge in [0.25, 0.3) is 5.91 Å². The van der Waals surface area contributed by atoms with Crippen molar-refractivity contribution in [1.29, 1.82) is 0 Å². The van der Waals surface area contributed by atoms with Crippen LogP contribution in [-0.2, 0) is 22.6 Å². The van der Waals surface area contributed by atoms with Gasteiger partial charge in [-0.1, -0.05) is 42.5 Å². The van der Waals surface area contributed by atoms with Crippen molar-refractivity contribution in [2.75, 3.05) is 13.7 Å². The summed E-state index contributed by atoms with van der Waals surface area (Å²) in [5.74, 6) is 0.716. The van der Waals surface area contributed by atoms with Gasteiger partial charge >= 0.3 is 6.09 Å². The van der Waals surface area contributed by atoms with Gasteiger partial charge in [-0.05, 0) is 53.9 Å². The number of hydrogen-bond donors (Lipinski definition) is 3. The molecular formula is C27H29N3O6. The predicted molar refractivity (Wildman–Crippen MR) is 135 cm³/mol. The third-order valence-corrected chi connectivity index (χ3v) is 5.07. The molecule has 36 heavy (non-hydrogen) atoms. The molecule has 3 rings (SSSR count). The van der Waals surface area contributed by atoms with Crippen molar-refractivity contribution in [2.45, 2.75) is 26.0 Å². The number of alkyl carbamates (subject to hydrolysis) is 1. The number of benzene rings is 3. The molecule has 1 unspecified atom stereocenters. The van der Waals surface area contributed by atoms with E-state index in [0.29, 0.717) is 23.7 Å². The lowest BCUT2D eigenvalue weighted by Crippen LogP contribution is -2.47. The minimum absolute atomic E-state index is 0.0675. The van der Waals surface area contributed by atoms with E-state index in [1.54, 1.807) is 37.4 Å². The molecule has 0 aliphatic heterocycles. The molecule has 0 aromatic heterocycles. The minimum Gasteiger partial charge on any atom is -0.508 e. The summed E-state index contributed by atoms with van der Waals surface area (Å²) in [6.07, 6.45) is 0.892. The highest BCUT2D eigenvalue weighted by molar-refractivity contribution is 5.87. The Hall–Kier alpha value is -4.53. The number of hydrogen-bond acceptors (Lipinski definition) is 7. The first kappa shape index (κ1) is 26.1. The quantitative estimate of drug-likeness (QED) is 0.277. The fourth-order valence-electron chi connectivity index (χ4n) is 3.27. The summed E-state index contributed by atoms with van der Waals surface area (Å²) >= 11 is 0. The molecule has 0 aliphatic carbocycles. The smallest absolute Gasteiger partial charge is 0.408 e. The van der Waals surface area contributed by atoms with Crippen molar-refractivity contribution in [3.63, 3.8) is 0 Å². The summed E-state index contributed by atoms with van der Waals surface area (Å²) in [4.78, 5) is 25.3. The Morgan fingerprint density at radius 1 is 1.00 bits per heavy atom. The molecule has 9 heteroatoms. The molecule has 3 aromatic rings. The third-order valence-electron chi connectivity index (χ3n) is 5.07. The molecule has 0 fully saturated rings. The van der Waals surface area contributed by atoms with Gasteiger partial charge in [-0.15, -0.1) is 0 Å². The first-order chi connectivity index (χ1) is 17.5. The molecule has 0 radical (unpaired) electrons. The van der Waals surface area contributed by atoms with Gasteiger partial charge in [0.1, 0.15) is 18.4 Å². The van der Waals surface area contributed by atoms with Gasteiger partial charge in [-0.3, -0.25) is 4.79 Å². The second-order valence-corrected chi connectivity index (χ2v) is 7.71. The van der Waals surface area contributed by atoms with Crippen molar-refractivity contribution in [1.82, 2.24) is 10.7 Å². The maximum Gasteiger partial charge on any atom is 0.408 e. The van der Waals surface area contributed by atoms with Crippen molar-refractivity contribution in [3.8, 4) is 17.2 Å². The van der Waals surface area contributed by atoms with Crippen molar-refractivity contribution in [2.24, 2.45) is 5.10 Å². The van der Waals surface area contributed by atoms with E-state index in [9.17, 15) is 14.7 Å². The van der Waals surface area contributed by atoms with Crippen LogP contribution in [0.25, 0.3) is 0 Å². The average molecular weight is 492 g/mol. The minimum atomic E-state index is -0.968. The molecule has 0 spiro atoms. The van der Waals surface area contributed by atoms with E-state index in [4.69, 9.17) is 14.2 Å². The first-order valence-corrected chi connectivity index (χ1v) is 11.4. The Balaban J connectivity index is 1.66. The molecule has 3 aromatic carbocycles. The van der Waals surface area contributed by atoms with Gasteiger partial charge in [-0.25, -0.2) is 10.2 Å². The standard InChI is InChI=1S/C27H29N3O6/c1-3-35-25-16-21(11-14-24(25)34-2)17-28-30-26(32)23(15-19-9-12-22(31)13-10-19)29-27(33)36-18-20-7-5-4-6-8-20/h4-14,16-17,23,31H,3,15,18H2,1-2H3,(H,29,33)(H,30,32)/b28-17+. The molecule has 0 saturated heterocycles. The fraction of sp³-hybridized carbons (Fsp3) is 0.222. The molecule has 2 amide bonds. The van der Waals surface area contributed by atoms with E-state index in [1.807, 2.05) is 37.3 Å². The Bertz CT molecular complexity index is 1170. The molecule has 3 N–H and O–H groups in total. The normalized spacial score (nSPS) is 11.5. The number of hydrazone groups is 1. The summed E-state index contributed by atoms with van der Waals surface area (Å²) < 4.78 is 16.1. The van der Waals surface area contributed by atoms with Crippen LogP contribution in [0, 0.1) is 0 Å². The second kappa shape index (κ2) is 13.4. The van der Waals surface area contributed by atoms with Crippen LogP contribution in [0.2, 0.25) is 0 Å². The molecule has 0 aliphatic rings. The van der Waals surface area contributed by atoms with E-state index in [-0.39, 0.29) is 18.8 Å². The number of phenolic OH excluding ortho intramolecular Hbond substituents is 1. The summed E-state index contributed by atoms with van der Waals surface area (Å²) in [5.41, 5.74) is 4.70. The number of carbonyl (C=O) groups excluding carboxylic acids is 2. The summed E-state index contributed by atoms with van der Waals surface area (Å²) in [6.45, 7) is 2.41. The number of nitrogens with one attached hydrogen (secondary N) is 2. The summed E-state index contributed by atoms with van der Waals surface area (Å²) in [6, 6.07) is 19.9. The van der Waals surface area contributed by atoms with Crippen LogP contribution in [0.5, 0.6) is 17.2 Å². The highest BCUT2D eigenvalue weighted by Crippen LogP contribution is 2.27. The maximum atomic E-state index is 12.9. The Morgan fingerprint density at radius 3 is 2.44 bits per heavy atom. The summed E-state index contributed by atoms with van der Waals surface area (Å²) in [5, 5.41) is 16.1. The Morgan fingerprint density at radius 2 is 1.75 bits per heavy atom. The summed E-state index contributed by atoms with van der Waals surface area (Å²) in [7, 11) is 1.55. The van der Waals surface area contributed by atoms with Crippen LogP contribution in [0.15, 0.2) is 77.9 Å². The highest BCUT2D eigenvalue weighted by atomic mass is 16.5. The van der Waals surface area contributed by atoms with Crippen molar-refractivity contribution in [3.05, 3.63) is 89.5 Å². The van der Waals surface area contributed by atoms with Crippen LogP contribution in [0.4, 0.5) is 4.79 Å². The number of carbonyl (C=O) groups is 2. The van der Waals surface area contributed by atoms with Crippen LogP contribution >= 0.6 is 0 Å². The van der Waals surface area contributed by atoms with Crippen LogP contribution < -0.4 is 20.2 Å². The fourth-order valence-corrected chi connectivity index (χ4v) is 3.27. The largest absolute Gasteiger partial charge is 0.508 e. The molecular weight excluding hydrogens is 462 g/mol. The topological polar surface area (TPSA) is 118 Å². The SMILES string of the molecule is CCOc1cc(/C=N/NC(=O)C(Cc2ccc(O)cc2)NC(=O)OCc2ccccc2)ccc1OC. The molecule has 0 saturated carbocycles. The third kappa shape index (κ3) is 8.05. The zero-order chi connectivity index (χ0) is 25.8. The first-order valence-electron chi connectivity index (χ1n) is 11.4. The number of rotatable bonds is 11. The van der Waals surface area contributed by atoms with Gasteiger partial charge in [-0.2, -0.15) is 5.10 Å². The van der Waals surface area contributed by atoms with Crippen LogP contribution in [0.1, 0.15) is 23.6 Å². The van der Waals surface area contributed by atoms with Gasteiger partial charge in [0.2, 0.25) is 0 Å². The zero-order valence-corrected chi connectivity index (χ0v) is 20.1. The number of amides is 2. The lowest BCUT2D eigenvalue weighted by molar-refractivity contribution is -0.123. The second-order valence-electron chi connectivity index (χ2n) is 7.71.